The lowest BCUT2D eigenvalue weighted by atomic mass is 9.77. The molecule has 0 aliphatic heterocycles. The molecule has 16 heavy (non-hydrogen) atoms. The summed E-state index contributed by atoms with van der Waals surface area (Å²) in [6.45, 7) is 0.548. The topological polar surface area (TPSA) is 26.0 Å². The number of nitrogens with two attached hydrogens (primary N) is 1. The third-order valence-corrected chi connectivity index (χ3v) is 3.37. The molecule has 0 spiro atoms. The summed E-state index contributed by atoms with van der Waals surface area (Å²) in [7, 11) is 0. The highest BCUT2D eigenvalue weighted by atomic mass is 19.4. The molecular weight excluding hydrogens is 222 g/mol. The first kappa shape index (κ1) is 13.7. The summed E-state index contributed by atoms with van der Waals surface area (Å²) in [5.41, 5.74) is 2.37. The van der Waals surface area contributed by atoms with Gasteiger partial charge >= 0.3 is 6.18 Å². The number of alkyl halides is 4. The van der Waals surface area contributed by atoms with Gasteiger partial charge in [-0.1, -0.05) is 19.3 Å². The zero-order chi connectivity index (χ0) is 12.2. The van der Waals surface area contributed by atoms with Crippen LogP contribution in [-0.2, 0) is 0 Å². The van der Waals surface area contributed by atoms with Gasteiger partial charge in [0.25, 0.3) is 0 Å². The van der Waals surface area contributed by atoms with Crippen LogP contribution in [0.4, 0.5) is 17.6 Å². The van der Waals surface area contributed by atoms with Crippen molar-refractivity contribution in [3.8, 4) is 0 Å². The van der Waals surface area contributed by atoms with Crippen LogP contribution in [-0.4, -0.2) is 18.4 Å². The van der Waals surface area contributed by atoms with Crippen LogP contribution >= 0.6 is 0 Å². The number of unbranched alkanes of at least 4 members (excludes halogenated alkanes) is 1. The number of hydrogen-bond donors (Lipinski definition) is 1. The molecule has 2 atom stereocenters. The van der Waals surface area contributed by atoms with E-state index in [1.807, 2.05) is 0 Å². The Balaban J connectivity index is 2.46. The van der Waals surface area contributed by atoms with Gasteiger partial charge in [0.2, 0.25) is 5.67 Å². The molecule has 1 saturated carbocycles. The molecule has 0 saturated heterocycles. The van der Waals surface area contributed by atoms with Gasteiger partial charge in [0.05, 0.1) is 0 Å². The first-order valence-corrected chi connectivity index (χ1v) is 5.85. The lowest BCUT2D eigenvalue weighted by molar-refractivity contribution is -0.244. The smallest absolute Gasteiger partial charge is 0.330 e. The van der Waals surface area contributed by atoms with E-state index in [2.05, 4.69) is 0 Å². The minimum atomic E-state index is -4.71. The van der Waals surface area contributed by atoms with Gasteiger partial charge in [-0.2, -0.15) is 13.2 Å². The number of hydrogen-bond acceptors (Lipinski definition) is 1. The molecule has 1 nitrogen and oxygen atoms in total. The van der Waals surface area contributed by atoms with Crippen molar-refractivity contribution >= 4 is 0 Å². The van der Waals surface area contributed by atoms with Crippen molar-refractivity contribution < 1.29 is 17.6 Å². The summed E-state index contributed by atoms with van der Waals surface area (Å²) in [5, 5.41) is 0. The van der Waals surface area contributed by atoms with E-state index < -0.39 is 11.8 Å². The van der Waals surface area contributed by atoms with Crippen molar-refractivity contribution in [3.05, 3.63) is 0 Å². The highest BCUT2D eigenvalue weighted by Crippen LogP contribution is 2.47. The van der Waals surface area contributed by atoms with Gasteiger partial charge in [-0.05, 0) is 38.1 Å². The van der Waals surface area contributed by atoms with E-state index in [4.69, 9.17) is 5.73 Å². The third kappa shape index (κ3) is 3.34. The predicted molar refractivity (Wildman–Crippen MR) is 54.8 cm³/mol. The van der Waals surface area contributed by atoms with Gasteiger partial charge in [0, 0.05) is 0 Å². The van der Waals surface area contributed by atoms with Crippen molar-refractivity contribution in [1.82, 2.24) is 0 Å². The van der Waals surface area contributed by atoms with Crippen molar-refractivity contribution in [1.29, 1.82) is 0 Å². The molecule has 1 aliphatic carbocycles. The SMILES string of the molecule is NCCCCC1CCCC(F)(C(F)(F)F)C1. The largest absolute Gasteiger partial charge is 0.422 e. The van der Waals surface area contributed by atoms with Crippen LogP contribution in [0.2, 0.25) is 0 Å². The second-order valence-electron chi connectivity index (χ2n) is 4.71. The minimum Gasteiger partial charge on any atom is -0.330 e. The van der Waals surface area contributed by atoms with Gasteiger partial charge in [0.15, 0.2) is 0 Å². The Morgan fingerprint density at radius 1 is 1.25 bits per heavy atom. The molecule has 0 heterocycles. The minimum absolute atomic E-state index is 0.132. The maximum Gasteiger partial charge on any atom is 0.422 e. The highest BCUT2D eigenvalue weighted by molar-refractivity contribution is 4.92. The molecule has 5 heteroatoms. The summed E-state index contributed by atoms with van der Waals surface area (Å²) in [4.78, 5) is 0. The van der Waals surface area contributed by atoms with Crippen molar-refractivity contribution in [2.45, 2.75) is 56.8 Å². The molecule has 0 aromatic carbocycles. The molecule has 0 amide bonds. The molecule has 1 rings (SSSR count). The number of halogens is 4. The van der Waals surface area contributed by atoms with Crippen molar-refractivity contribution in [3.63, 3.8) is 0 Å². The van der Waals surface area contributed by atoms with Crippen molar-refractivity contribution in [2.75, 3.05) is 6.54 Å². The van der Waals surface area contributed by atoms with E-state index in [1.165, 1.54) is 0 Å². The van der Waals surface area contributed by atoms with Crippen LogP contribution in [0.15, 0.2) is 0 Å². The molecule has 96 valence electrons. The Morgan fingerprint density at radius 2 is 1.94 bits per heavy atom. The normalized spacial score (nSPS) is 31.7. The highest BCUT2D eigenvalue weighted by Gasteiger charge is 2.57. The fraction of sp³-hybridized carbons (Fsp3) is 1.00. The fourth-order valence-electron chi connectivity index (χ4n) is 2.41. The lowest BCUT2D eigenvalue weighted by Gasteiger charge is -2.36. The van der Waals surface area contributed by atoms with E-state index in [1.54, 1.807) is 0 Å². The quantitative estimate of drug-likeness (QED) is 0.591. The van der Waals surface area contributed by atoms with Gasteiger partial charge in [-0.25, -0.2) is 4.39 Å². The fourth-order valence-corrected chi connectivity index (χ4v) is 2.41. The van der Waals surface area contributed by atoms with Crippen LogP contribution in [0.1, 0.15) is 44.9 Å². The monoisotopic (exact) mass is 241 g/mol. The van der Waals surface area contributed by atoms with Crippen LogP contribution < -0.4 is 5.73 Å². The summed E-state index contributed by atoms with van der Waals surface area (Å²) in [6.07, 6.45) is -2.12. The van der Waals surface area contributed by atoms with Crippen molar-refractivity contribution in [2.24, 2.45) is 11.7 Å². The van der Waals surface area contributed by atoms with Crippen LogP contribution in [0.25, 0.3) is 0 Å². The standard InChI is InChI=1S/C11H19F4N/c12-10(11(13,14)15)6-3-5-9(8-10)4-1-2-7-16/h9H,1-8,16H2. The summed E-state index contributed by atoms with van der Waals surface area (Å²) < 4.78 is 51.2. The third-order valence-electron chi connectivity index (χ3n) is 3.37. The summed E-state index contributed by atoms with van der Waals surface area (Å²) >= 11 is 0. The van der Waals surface area contributed by atoms with Gasteiger partial charge < -0.3 is 5.73 Å². The Labute approximate surface area is 93.4 Å². The molecule has 0 aromatic heterocycles. The van der Waals surface area contributed by atoms with E-state index in [0.29, 0.717) is 25.8 Å². The molecule has 1 fully saturated rings. The maximum atomic E-state index is 13.7. The van der Waals surface area contributed by atoms with E-state index in [0.717, 1.165) is 12.8 Å². The Hall–Kier alpha value is -0.320. The average molecular weight is 241 g/mol. The average Bonchev–Trinajstić information content (AvgIpc) is 2.17. The van der Waals surface area contributed by atoms with Crippen LogP contribution in [0.5, 0.6) is 0 Å². The van der Waals surface area contributed by atoms with Crippen LogP contribution in [0.3, 0.4) is 0 Å². The Bertz CT molecular complexity index is 217. The van der Waals surface area contributed by atoms with Crippen LogP contribution in [0, 0.1) is 5.92 Å². The predicted octanol–water partition coefficient (Wildman–Crippen LogP) is 3.58. The van der Waals surface area contributed by atoms with E-state index >= 15 is 0 Å². The first-order valence-electron chi connectivity index (χ1n) is 5.85. The molecule has 1 aliphatic rings. The van der Waals surface area contributed by atoms with Gasteiger partial charge in [-0.3, -0.25) is 0 Å². The summed E-state index contributed by atoms with van der Waals surface area (Å²) in [5.74, 6) is -0.132. The molecule has 0 radical (unpaired) electrons. The zero-order valence-corrected chi connectivity index (χ0v) is 9.32. The van der Waals surface area contributed by atoms with E-state index in [9.17, 15) is 17.6 Å². The molecule has 2 unspecified atom stereocenters. The molecule has 0 aromatic rings. The molecule has 0 bridgehead atoms. The second kappa shape index (κ2) is 5.34. The molecule has 2 N–H and O–H groups in total. The van der Waals surface area contributed by atoms with Gasteiger partial charge in [-0.15, -0.1) is 0 Å². The number of rotatable bonds is 4. The Morgan fingerprint density at radius 3 is 2.50 bits per heavy atom. The van der Waals surface area contributed by atoms with Gasteiger partial charge in [0.1, 0.15) is 0 Å². The first-order chi connectivity index (χ1) is 7.39. The maximum absolute atomic E-state index is 13.7. The lowest BCUT2D eigenvalue weighted by Crippen LogP contribution is -2.44. The second-order valence-corrected chi connectivity index (χ2v) is 4.71. The Kier molecular flexibility index (Phi) is 4.59. The van der Waals surface area contributed by atoms with E-state index in [-0.39, 0.29) is 18.8 Å². The summed E-state index contributed by atoms with van der Waals surface area (Å²) in [6, 6.07) is 0. The molecular formula is C11H19F4N. The zero-order valence-electron chi connectivity index (χ0n) is 9.32.